The highest BCUT2D eigenvalue weighted by atomic mass is 32.2. The first kappa shape index (κ1) is 13.6. The first-order chi connectivity index (χ1) is 7.34. The number of amides is 1. The molecule has 1 saturated carbocycles. The summed E-state index contributed by atoms with van der Waals surface area (Å²) in [7, 11) is 0. The maximum Gasteiger partial charge on any atom is 0.383 e. The minimum Gasteiger partial charge on any atom is -0.349 e. The van der Waals surface area contributed by atoms with E-state index in [2.05, 4.69) is 0 Å². The van der Waals surface area contributed by atoms with Gasteiger partial charge in [0.2, 0.25) is 0 Å². The van der Waals surface area contributed by atoms with E-state index in [1.54, 1.807) is 0 Å². The zero-order valence-corrected chi connectivity index (χ0v) is 9.55. The number of rotatable bonds is 5. The van der Waals surface area contributed by atoms with Crippen molar-refractivity contribution in [2.45, 2.75) is 36.4 Å². The van der Waals surface area contributed by atoms with Crippen LogP contribution in [0, 0.1) is 0 Å². The normalized spacial score (nSPS) is 19.4. The Kier molecular flexibility index (Phi) is 4.09. The number of hydrogen-bond donors (Lipinski definition) is 1. The fraction of sp³-hybridized carbons (Fsp3) is 0.889. The third-order valence-electron chi connectivity index (χ3n) is 2.85. The van der Waals surface area contributed by atoms with Gasteiger partial charge in [-0.25, -0.2) is 8.78 Å². The van der Waals surface area contributed by atoms with Crippen molar-refractivity contribution in [1.82, 2.24) is 5.32 Å². The van der Waals surface area contributed by atoms with E-state index in [0.717, 1.165) is 19.3 Å². The number of nitrogens with one attached hydrogen (secondary N) is 1. The lowest BCUT2D eigenvalue weighted by Crippen LogP contribution is -2.51. The average molecular weight is 259 g/mol. The van der Waals surface area contributed by atoms with E-state index in [9.17, 15) is 22.4 Å². The molecule has 0 radical (unpaired) electrons. The summed E-state index contributed by atoms with van der Waals surface area (Å²) >= 11 is 1.47. The second kappa shape index (κ2) is 4.81. The Bertz CT molecular complexity index is 263. The van der Waals surface area contributed by atoms with E-state index in [1.807, 2.05) is 11.6 Å². The first-order valence-electron chi connectivity index (χ1n) is 4.83. The topological polar surface area (TPSA) is 29.1 Å². The molecule has 0 aromatic carbocycles. The summed E-state index contributed by atoms with van der Waals surface area (Å²) in [5.41, 5.74) is 0. The van der Waals surface area contributed by atoms with Gasteiger partial charge in [0.05, 0.1) is 0 Å². The molecule has 2 nitrogen and oxygen atoms in total. The van der Waals surface area contributed by atoms with E-state index >= 15 is 0 Å². The molecule has 0 saturated heterocycles. The van der Waals surface area contributed by atoms with Crippen molar-refractivity contribution in [2.75, 3.05) is 12.8 Å². The van der Waals surface area contributed by atoms with Gasteiger partial charge in [-0.05, 0) is 19.1 Å². The molecule has 0 spiro atoms. The first-order valence-corrected chi connectivity index (χ1v) is 6.06. The van der Waals surface area contributed by atoms with Crippen LogP contribution in [0.25, 0.3) is 0 Å². The zero-order chi connectivity index (χ0) is 12.4. The fourth-order valence-corrected chi connectivity index (χ4v) is 2.40. The van der Waals surface area contributed by atoms with Gasteiger partial charge < -0.3 is 5.32 Å². The Morgan fingerprint density at radius 3 is 2.38 bits per heavy atom. The van der Waals surface area contributed by atoms with Gasteiger partial charge in [0.1, 0.15) is 0 Å². The molecule has 7 heteroatoms. The Hall–Kier alpha value is -0.460. The summed E-state index contributed by atoms with van der Waals surface area (Å²) in [5.74, 6) is -6.48. The number of carbonyl (C=O) groups is 1. The van der Waals surface area contributed by atoms with E-state index < -0.39 is 18.3 Å². The Morgan fingerprint density at radius 1 is 1.50 bits per heavy atom. The van der Waals surface area contributed by atoms with Crippen LogP contribution in [0.15, 0.2) is 0 Å². The second-order valence-corrected chi connectivity index (χ2v) is 5.12. The Labute approximate surface area is 95.1 Å². The van der Waals surface area contributed by atoms with Gasteiger partial charge in [-0.1, -0.05) is 6.42 Å². The number of alkyl halides is 4. The molecule has 16 heavy (non-hydrogen) atoms. The highest BCUT2D eigenvalue weighted by molar-refractivity contribution is 8.00. The summed E-state index contributed by atoms with van der Waals surface area (Å²) in [5, 5.41) is 1.91. The van der Waals surface area contributed by atoms with Crippen molar-refractivity contribution in [3.05, 3.63) is 0 Å². The van der Waals surface area contributed by atoms with E-state index in [-0.39, 0.29) is 11.3 Å². The van der Waals surface area contributed by atoms with Gasteiger partial charge in [0.15, 0.2) is 0 Å². The van der Waals surface area contributed by atoms with Crippen LogP contribution >= 0.6 is 11.8 Å². The van der Waals surface area contributed by atoms with Crippen LogP contribution < -0.4 is 5.32 Å². The van der Waals surface area contributed by atoms with Gasteiger partial charge in [0.25, 0.3) is 5.91 Å². The monoisotopic (exact) mass is 259 g/mol. The largest absolute Gasteiger partial charge is 0.383 e. The standard InChI is InChI=1S/C9H13F4NOS/c1-16-8(3-2-4-8)5-14-7(15)9(12,13)6(10)11/h6H,2-5H2,1H3,(H,14,15). The van der Waals surface area contributed by atoms with Crippen molar-refractivity contribution in [3.63, 3.8) is 0 Å². The van der Waals surface area contributed by atoms with Gasteiger partial charge in [0, 0.05) is 11.3 Å². The van der Waals surface area contributed by atoms with Crippen LogP contribution in [0.5, 0.6) is 0 Å². The molecule has 0 bridgehead atoms. The van der Waals surface area contributed by atoms with Crippen molar-refractivity contribution < 1.29 is 22.4 Å². The number of halogens is 4. The molecule has 0 aromatic heterocycles. The molecular formula is C9H13F4NOS. The fourth-order valence-electron chi connectivity index (χ4n) is 1.48. The predicted molar refractivity (Wildman–Crippen MR) is 54.1 cm³/mol. The van der Waals surface area contributed by atoms with Crippen molar-refractivity contribution >= 4 is 17.7 Å². The van der Waals surface area contributed by atoms with Gasteiger partial charge >= 0.3 is 12.3 Å². The van der Waals surface area contributed by atoms with Crippen LogP contribution in [0.1, 0.15) is 19.3 Å². The maximum absolute atomic E-state index is 12.6. The molecule has 1 aliphatic carbocycles. The lowest BCUT2D eigenvalue weighted by molar-refractivity contribution is -0.169. The third-order valence-corrected chi connectivity index (χ3v) is 4.26. The van der Waals surface area contributed by atoms with Crippen LogP contribution in [-0.2, 0) is 4.79 Å². The highest BCUT2D eigenvalue weighted by Gasteiger charge is 2.49. The number of hydrogen-bond acceptors (Lipinski definition) is 2. The molecule has 0 heterocycles. The summed E-state index contributed by atoms with van der Waals surface area (Å²) in [6.07, 6.45) is 0.459. The molecule has 1 aliphatic rings. The van der Waals surface area contributed by atoms with Crippen molar-refractivity contribution in [1.29, 1.82) is 0 Å². The van der Waals surface area contributed by atoms with Gasteiger partial charge in [-0.3, -0.25) is 4.79 Å². The summed E-state index contributed by atoms with van der Waals surface area (Å²) in [4.78, 5) is 10.9. The highest BCUT2D eigenvalue weighted by Crippen LogP contribution is 2.42. The SMILES string of the molecule is CSC1(CNC(=O)C(F)(F)C(F)F)CCC1. The molecule has 1 rings (SSSR count). The Morgan fingerprint density at radius 2 is 2.06 bits per heavy atom. The summed E-state index contributed by atoms with van der Waals surface area (Å²) < 4.78 is 48.6. The Balaban J connectivity index is 2.46. The molecule has 1 fully saturated rings. The van der Waals surface area contributed by atoms with Crippen LogP contribution in [-0.4, -0.2) is 35.8 Å². The summed E-state index contributed by atoms with van der Waals surface area (Å²) in [6.45, 7) is 0.0231. The zero-order valence-electron chi connectivity index (χ0n) is 8.73. The third kappa shape index (κ3) is 2.61. The summed E-state index contributed by atoms with van der Waals surface area (Å²) in [6, 6.07) is 0. The van der Waals surface area contributed by atoms with Crippen LogP contribution in [0.4, 0.5) is 17.6 Å². The molecule has 94 valence electrons. The number of thioether (sulfide) groups is 1. The van der Waals surface area contributed by atoms with E-state index in [0.29, 0.717) is 0 Å². The maximum atomic E-state index is 12.6. The van der Waals surface area contributed by atoms with Crippen LogP contribution in [0.2, 0.25) is 0 Å². The molecular weight excluding hydrogens is 246 g/mol. The lowest BCUT2D eigenvalue weighted by Gasteiger charge is -2.40. The molecule has 1 amide bonds. The van der Waals surface area contributed by atoms with Crippen LogP contribution in [0.3, 0.4) is 0 Å². The molecule has 0 atom stereocenters. The predicted octanol–water partition coefficient (Wildman–Crippen LogP) is 2.29. The van der Waals surface area contributed by atoms with Crippen molar-refractivity contribution in [2.24, 2.45) is 0 Å². The minimum absolute atomic E-state index is 0.0231. The average Bonchev–Trinajstić information content (AvgIpc) is 2.16. The molecule has 1 N–H and O–H groups in total. The van der Waals surface area contributed by atoms with Gasteiger partial charge in [-0.2, -0.15) is 20.5 Å². The lowest BCUT2D eigenvalue weighted by atomic mass is 9.84. The van der Waals surface area contributed by atoms with Gasteiger partial charge in [-0.15, -0.1) is 0 Å². The van der Waals surface area contributed by atoms with E-state index in [4.69, 9.17) is 0 Å². The van der Waals surface area contributed by atoms with E-state index in [1.165, 1.54) is 11.8 Å². The molecule has 0 unspecified atom stereocenters. The smallest absolute Gasteiger partial charge is 0.349 e. The number of carbonyl (C=O) groups excluding carboxylic acids is 1. The molecule has 0 aliphatic heterocycles. The quantitative estimate of drug-likeness (QED) is 0.767. The van der Waals surface area contributed by atoms with Crippen molar-refractivity contribution in [3.8, 4) is 0 Å². The second-order valence-electron chi connectivity index (χ2n) is 3.85. The minimum atomic E-state index is -4.59. The molecule has 0 aromatic rings.